The van der Waals surface area contributed by atoms with Crippen molar-refractivity contribution in [3.8, 4) is 28.4 Å². The van der Waals surface area contributed by atoms with Gasteiger partial charge in [-0.3, -0.25) is 9.69 Å². The Morgan fingerprint density at radius 2 is 1.74 bits per heavy atom. The highest BCUT2D eigenvalue weighted by atomic mass is 16.5. The number of phenols is 2. The van der Waals surface area contributed by atoms with Gasteiger partial charge in [0, 0.05) is 31.3 Å². The molecule has 1 aliphatic heterocycles. The first kappa shape index (κ1) is 28.1. The summed E-state index contributed by atoms with van der Waals surface area (Å²) < 4.78 is 6.82. The van der Waals surface area contributed by atoms with Crippen LogP contribution in [0.15, 0.2) is 36.4 Å². The lowest BCUT2D eigenvalue weighted by Crippen LogP contribution is -2.55. The van der Waals surface area contributed by atoms with Gasteiger partial charge in [0.15, 0.2) is 5.69 Å². The van der Waals surface area contributed by atoms with Gasteiger partial charge in [0.1, 0.15) is 28.4 Å². The highest BCUT2D eigenvalue weighted by molar-refractivity contribution is 5.98. The molecule has 1 aliphatic rings. The third kappa shape index (κ3) is 5.07. The molecule has 3 aromatic rings. The van der Waals surface area contributed by atoms with Crippen LogP contribution in [0.3, 0.4) is 0 Å². The molecular weight excluding hydrogens is 502 g/mol. The number of benzene rings is 2. The summed E-state index contributed by atoms with van der Waals surface area (Å²) in [6.07, 6.45) is 0.352. The van der Waals surface area contributed by atoms with Crippen LogP contribution in [0.2, 0.25) is 0 Å². The average molecular weight is 538 g/mol. The van der Waals surface area contributed by atoms with Crippen molar-refractivity contribution in [3.05, 3.63) is 53.2 Å². The number of carboxylic acids is 1. The summed E-state index contributed by atoms with van der Waals surface area (Å²) in [6.45, 7) is 9.76. The lowest BCUT2D eigenvalue weighted by molar-refractivity contribution is -0.156. The second-order valence-corrected chi connectivity index (χ2v) is 9.81. The van der Waals surface area contributed by atoms with Gasteiger partial charge in [0.2, 0.25) is 0 Å². The summed E-state index contributed by atoms with van der Waals surface area (Å²) in [7, 11) is 0. The van der Waals surface area contributed by atoms with E-state index >= 15 is 0 Å². The number of aromatic hydroxyl groups is 2. The highest BCUT2D eigenvalue weighted by Gasteiger charge is 2.45. The van der Waals surface area contributed by atoms with E-state index in [9.17, 15) is 24.9 Å². The first-order chi connectivity index (χ1) is 18.6. The molecule has 208 valence electrons. The molecular formula is C28H35N5O6. The maximum Gasteiger partial charge on any atom is 0.328 e. The van der Waals surface area contributed by atoms with Crippen LogP contribution in [0, 0.1) is 0 Å². The van der Waals surface area contributed by atoms with Crippen LogP contribution in [-0.2, 0) is 15.1 Å². The van der Waals surface area contributed by atoms with E-state index in [4.69, 9.17) is 4.74 Å². The smallest absolute Gasteiger partial charge is 0.328 e. The van der Waals surface area contributed by atoms with Crippen LogP contribution in [0.25, 0.3) is 16.9 Å². The number of carbonyl (C=O) groups is 2. The summed E-state index contributed by atoms with van der Waals surface area (Å²) in [5.41, 5.74) is 1.16. The van der Waals surface area contributed by atoms with Gasteiger partial charge in [-0.2, -0.15) is 0 Å². The van der Waals surface area contributed by atoms with E-state index in [1.165, 1.54) is 10.7 Å². The maximum absolute atomic E-state index is 12.9. The van der Waals surface area contributed by atoms with Gasteiger partial charge in [-0.15, -0.1) is 5.10 Å². The van der Waals surface area contributed by atoms with Crippen molar-refractivity contribution in [2.45, 2.75) is 45.6 Å². The zero-order chi connectivity index (χ0) is 28.3. The number of aromatic nitrogens is 3. The number of nitrogens with one attached hydrogen (secondary N) is 1. The van der Waals surface area contributed by atoms with E-state index < -0.39 is 17.4 Å². The van der Waals surface area contributed by atoms with E-state index in [1.54, 1.807) is 37.3 Å². The van der Waals surface area contributed by atoms with Crippen molar-refractivity contribution in [2.24, 2.45) is 0 Å². The zero-order valence-electron chi connectivity index (χ0n) is 22.6. The van der Waals surface area contributed by atoms with E-state index in [2.05, 4.69) is 15.6 Å². The number of phenolic OH excluding ortho intramolecular Hbond substituents is 2. The van der Waals surface area contributed by atoms with Gasteiger partial charge < -0.3 is 25.4 Å². The van der Waals surface area contributed by atoms with Crippen LogP contribution in [0.1, 0.15) is 61.6 Å². The molecule has 39 heavy (non-hydrogen) atoms. The minimum atomic E-state index is -1.23. The van der Waals surface area contributed by atoms with Crippen molar-refractivity contribution in [2.75, 3.05) is 32.8 Å². The van der Waals surface area contributed by atoms with Gasteiger partial charge in [-0.1, -0.05) is 50.3 Å². The fourth-order valence-electron chi connectivity index (χ4n) is 5.19. The summed E-state index contributed by atoms with van der Waals surface area (Å²) in [5.74, 6) is -1.70. The van der Waals surface area contributed by atoms with Gasteiger partial charge in [-0.05, 0) is 36.5 Å². The minimum absolute atomic E-state index is 0.0446. The van der Waals surface area contributed by atoms with Crippen molar-refractivity contribution < 1.29 is 29.6 Å². The summed E-state index contributed by atoms with van der Waals surface area (Å²) in [4.78, 5) is 27.5. The largest absolute Gasteiger partial charge is 0.508 e. The Labute approximate surface area is 227 Å². The molecule has 11 nitrogen and oxygen atoms in total. The number of carboxylic acid groups (broad SMARTS) is 1. The summed E-state index contributed by atoms with van der Waals surface area (Å²) in [5, 5.41) is 42.5. The Morgan fingerprint density at radius 1 is 1.08 bits per heavy atom. The molecule has 1 amide bonds. The first-order valence-corrected chi connectivity index (χ1v) is 13.1. The SMILES string of the molecule is CCNC(=O)c1nnn(-c2cc(C(C)C)c(O)cc2O)c1-c1ccc(C(CC)(C(=O)O)N2CCOCC2)cc1. The molecule has 4 rings (SSSR count). The lowest BCUT2D eigenvalue weighted by atomic mass is 9.84. The Balaban J connectivity index is 1.87. The van der Waals surface area contributed by atoms with E-state index in [0.29, 0.717) is 61.7 Å². The van der Waals surface area contributed by atoms with Gasteiger partial charge >= 0.3 is 5.97 Å². The highest BCUT2D eigenvalue weighted by Crippen LogP contribution is 2.38. The molecule has 1 aromatic heterocycles. The number of amides is 1. The molecule has 0 saturated carbocycles. The molecule has 1 atom stereocenters. The topological polar surface area (TPSA) is 150 Å². The van der Waals surface area contributed by atoms with E-state index in [-0.39, 0.29) is 28.8 Å². The minimum Gasteiger partial charge on any atom is -0.508 e. The van der Waals surface area contributed by atoms with E-state index in [1.807, 2.05) is 25.7 Å². The summed E-state index contributed by atoms with van der Waals surface area (Å²) >= 11 is 0. The number of carbonyl (C=O) groups excluding carboxylic acids is 1. The second kappa shape index (κ2) is 11.4. The molecule has 1 saturated heterocycles. The molecule has 0 aliphatic carbocycles. The molecule has 4 N–H and O–H groups in total. The van der Waals surface area contributed by atoms with Crippen molar-refractivity contribution in [3.63, 3.8) is 0 Å². The second-order valence-electron chi connectivity index (χ2n) is 9.81. The number of morpholine rings is 1. The molecule has 2 heterocycles. The molecule has 2 aromatic carbocycles. The number of hydrogen-bond acceptors (Lipinski definition) is 8. The fraction of sp³-hybridized carbons (Fsp3) is 0.429. The predicted octanol–water partition coefficient (Wildman–Crippen LogP) is 3.24. The van der Waals surface area contributed by atoms with Gasteiger partial charge in [0.25, 0.3) is 5.91 Å². The van der Waals surface area contributed by atoms with Crippen molar-refractivity contribution >= 4 is 11.9 Å². The third-order valence-corrected chi connectivity index (χ3v) is 7.25. The quantitative estimate of drug-likeness (QED) is 0.323. The fourth-order valence-corrected chi connectivity index (χ4v) is 5.19. The Hall–Kier alpha value is -3.96. The van der Waals surface area contributed by atoms with Crippen LogP contribution in [0.4, 0.5) is 0 Å². The number of aliphatic carboxylic acids is 1. The first-order valence-electron chi connectivity index (χ1n) is 13.1. The van der Waals surface area contributed by atoms with Crippen LogP contribution in [-0.4, -0.2) is 79.9 Å². The number of hydrogen-bond donors (Lipinski definition) is 4. The normalized spacial score (nSPS) is 15.7. The Kier molecular flexibility index (Phi) is 8.22. The Morgan fingerprint density at radius 3 is 2.31 bits per heavy atom. The van der Waals surface area contributed by atoms with Gasteiger partial charge in [-0.25, -0.2) is 9.48 Å². The van der Waals surface area contributed by atoms with Gasteiger partial charge in [0.05, 0.1) is 13.2 Å². The molecule has 0 bridgehead atoms. The standard InChI is InChI=1S/C28H35N5O6/c1-5-28(27(37)38,32-11-13-39-14-12-32)19-9-7-18(8-10-19)25-24(26(36)29-6-2)30-31-33(25)21-15-20(17(3)4)22(34)16-23(21)35/h7-10,15-17,34-35H,5-6,11-14H2,1-4H3,(H,29,36)(H,37,38). The van der Waals surface area contributed by atoms with Crippen LogP contribution >= 0.6 is 0 Å². The van der Waals surface area contributed by atoms with Crippen LogP contribution < -0.4 is 5.32 Å². The Bertz CT molecular complexity index is 1350. The molecule has 1 unspecified atom stereocenters. The molecule has 11 heteroatoms. The monoisotopic (exact) mass is 537 g/mol. The molecule has 1 fully saturated rings. The average Bonchev–Trinajstić information content (AvgIpc) is 3.35. The maximum atomic E-state index is 12.9. The number of rotatable bonds is 9. The third-order valence-electron chi connectivity index (χ3n) is 7.25. The predicted molar refractivity (Wildman–Crippen MR) is 144 cm³/mol. The van der Waals surface area contributed by atoms with Crippen LogP contribution in [0.5, 0.6) is 11.5 Å². The number of nitrogens with zero attached hydrogens (tertiary/aromatic N) is 4. The molecule has 0 spiro atoms. The zero-order valence-corrected chi connectivity index (χ0v) is 22.6. The molecule has 0 radical (unpaired) electrons. The van der Waals surface area contributed by atoms with Crippen molar-refractivity contribution in [1.82, 2.24) is 25.2 Å². The number of ether oxygens (including phenoxy) is 1. The van der Waals surface area contributed by atoms with E-state index in [0.717, 1.165) is 0 Å². The lowest BCUT2D eigenvalue weighted by Gasteiger charge is -2.42. The van der Waals surface area contributed by atoms with Crippen molar-refractivity contribution in [1.29, 1.82) is 0 Å². The summed E-state index contributed by atoms with van der Waals surface area (Å²) in [6, 6.07) is 9.84.